The molecule has 70 valence electrons. The Hall–Kier alpha value is -0.0800. The predicted molar refractivity (Wildman–Crippen MR) is 49.0 cm³/mol. The molecule has 0 aromatic carbocycles. The third-order valence-electron chi connectivity index (χ3n) is 3.35. The summed E-state index contributed by atoms with van der Waals surface area (Å²) >= 11 is 0. The van der Waals surface area contributed by atoms with E-state index >= 15 is 0 Å². The van der Waals surface area contributed by atoms with Gasteiger partial charge in [0, 0.05) is 6.04 Å². The maximum Gasteiger partial charge on any atom is 0.0543 e. The second-order valence-corrected chi connectivity index (χ2v) is 4.28. The Kier molecular flexibility index (Phi) is 2.66. The van der Waals surface area contributed by atoms with Crippen LogP contribution in [0.15, 0.2) is 0 Å². The predicted octanol–water partition coefficient (Wildman–Crippen LogP) is 1.29. The topological polar surface area (TPSA) is 32.3 Å². The number of aliphatic hydroxyl groups excluding tert-OH is 1. The van der Waals surface area contributed by atoms with E-state index in [1.165, 1.54) is 32.2 Å². The number of nitrogens with one attached hydrogen (secondary N) is 1. The van der Waals surface area contributed by atoms with Crippen LogP contribution in [0.25, 0.3) is 0 Å². The molecule has 1 saturated heterocycles. The standard InChI is InChI=1S/C10H19NO/c12-9-4-1-3-8(7-9)10-5-2-6-11-10/h8-12H,1-7H2. The Bertz CT molecular complexity index is 143. The molecule has 3 atom stereocenters. The van der Waals surface area contributed by atoms with Gasteiger partial charge in [-0.15, -0.1) is 0 Å². The van der Waals surface area contributed by atoms with Gasteiger partial charge in [-0.05, 0) is 44.6 Å². The van der Waals surface area contributed by atoms with E-state index in [1.807, 2.05) is 0 Å². The van der Waals surface area contributed by atoms with Crippen LogP contribution >= 0.6 is 0 Å². The van der Waals surface area contributed by atoms with E-state index in [4.69, 9.17) is 0 Å². The van der Waals surface area contributed by atoms with Crippen LogP contribution in [-0.2, 0) is 0 Å². The van der Waals surface area contributed by atoms with Gasteiger partial charge < -0.3 is 10.4 Å². The first-order chi connectivity index (χ1) is 5.86. The normalized spacial score (nSPS) is 43.2. The van der Waals surface area contributed by atoms with Gasteiger partial charge >= 0.3 is 0 Å². The lowest BCUT2D eigenvalue weighted by molar-refractivity contribution is 0.0897. The summed E-state index contributed by atoms with van der Waals surface area (Å²) in [4.78, 5) is 0. The average Bonchev–Trinajstić information content (AvgIpc) is 2.56. The molecule has 2 aliphatic rings. The smallest absolute Gasteiger partial charge is 0.0543 e. The molecule has 2 fully saturated rings. The van der Waals surface area contributed by atoms with Crippen molar-refractivity contribution in [3.8, 4) is 0 Å². The van der Waals surface area contributed by atoms with Gasteiger partial charge in [-0.25, -0.2) is 0 Å². The third kappa shape index (κ3) is 1.80. The van der Waals surface area contributed by atoms with Crippen LogP contribution in [0.2, 0.25) is 0 Å². The summed E-state index contributed by atoms with van der Waals surface area (Å²) in [6.07, 6.45) is 7.28. The zero-order valence-electron chi connectivity index (χ0n) is 7.63. The molecular formula is C10H19NO. The van der Waals surface area contributed by atoms with E-state index < -0.39 is 0 Å². The zero-order valence-corrected chi connectivity index (χ0v) is 7.63. The van der Waals surface area contributed by atoms with Crippen LogP contribution in [0.4, 0.5) is 0 Å². The van der Waals surface area contributed by atoms with Crippen LogP contribution < -0.4 is 5.32 Å². The Balaban J connectivity index is 1.85. The first-order valence-corrected chi connectivity index (χ1v) is 5.28. The summed E-state index contributed by atoms with van der Waals surface area (Å²) in [5.41, 5.74) is 0. The highest BCUT2D eigenvalue weighted by molar-refractivity contribution is 4.85. The molecule has 0 spiro atoms. The van der Waals surface area contributed by atoms with Crippen molar-refractivity contribution in [2.45, 2.75) is 50.7 Å². The molecular weight excluding hydrogens is 150 g/mol. The molecule has 12 heavy (non-hydrogen) atoms. The van der Waals surface area contributed by atoms with E-state index in [9.17, 15) is 5.11 Å². The van der Waals surface area contributed by atoms with E-state index in [0.717, 1.165) is 24.8 Å². The van der Waals surface area contributed by atoms with Gasteiger partial charge in [-0.2, -0.15) is 0 Å². The van der Waals surface area contributed by atoms with E-state index in [0.29, 0.717) is 0 Å². The lowest BCUT2D eigenvalue weighted by Crippen LogP contribution is -2.35. The second kappa shape index (κ2) is 3.75. The van der Waals surface area contributed by atoms with Crippen molar-refractivity contribution in [3.05, 3.63) is 0 Å². The molecule has 0 aromatic heterocycles. The molecule has 1 saturated carbocycles. The largest absolute Gasteiger partial charge is 0.393 e. The second-order valence-electron chi connectivity index (χ2n) is 4.28. The molecule has 0 bridgehead atoms. The van der Waals surface area contributed by atoms with Crippen LogP contribution in [-0.4, -0.2) is 23.8 Å². The summed E-state index contributed by atoms with van der Waals surface area (Å²) in [5, 5.41) is 13.0. The molecule has 2 nitrogen and oxygen atoms in total. The molecule has 0 radical (unpaired) electrons. The van der Waals surface area contributed by atoms with Crippen molar-refractivity contribution in [2.75, 3.05) is 6.54 Å². The molecule has 1 aliphatic heterocycles. The quantitative estimate of drug-likeness (QED) is 0.620. The maximum atomic E-state index is 9.51. The lowest BCUT2D eigenvalue weighted by Gasteiger charge is -2.30. The monoisotopic (exact) mass is 169 g/mol. The summed E-state index contributed by atoms with van der Waals surface area (Å²) in [5.74, 6) is 0.760. The van der Waals surface area contributed by atoms with Crippen molar-refractivity contribution in [2.24, 2.45) is 5.92 Å². The third-order valence-corrected chi connectivity index (χ3v) is 3.35. The Morgan fingerprint density at radius 1 is 1.08 bits per heavy atom. The van der Waals surface area contributed by atoms with Crippen molar-refractivity contribution in [1.82, 2.24) is 5.32 Å². The molecule has 3 unspecified atom stereocenters. The van der Waals surface area contributed by atoms with Gasteiger partial charge in [-0.3, -0.25) is 0 Å². The lowest BCUT2D eigenvalue weighted by atomic mass is 9.82. The van der Waals surface area contributed by atoms with Gasteiger partial charge in [0.15, 0.2) is 0 Å². The van der Waals surface area contributed by atoms with Gasteiger partial charge in [0.05, 0.1) is 6.10 Å². The molecule has 2 N–H and O–H groups in total. The molecule has 1 heterocycles. The Labute approximate surface area is 74.4 Å². The fraction of sp³-hybridized carbons (Fsp3) is 1.00. The number of aliphatic hydroxyl groups is 1. The minimum atomic E-state index is -0.00819. The average molecular weight is 169 g/mol. The number of rotatable bonds is 1. The Morgan fingerprint density at radius 3 is 2.67 bits per heavy atom. The summed E-state index contributed by atoms with van der Waals surface area (Å²) < 4.78 is 0. The highest BCUT2D eigenvalue weighted by atomic mass is 16.3. The first kappa shape index (κ1) is 8.52. The van der Waals surface area contributed by atoms with E-state index in [2.05, 4.69) is 5.32 Å². The summed E-state index contributed by atoms with van der Waals surface area (Å²) in [7, 11) is 0. The van der Waals surface area contributed by atoms with Gasteiger partial charge in [-0.1, -0.05) is 6.42 Å². The van der Waals surface area contributed by atoms with Gasteiger partial charge in [0.1, 0.15) is 0 Å². The fourth-order valence-electron chi connectivity index (χ4n) is 2.68. The molecule has 0 amide bonds. The van der Waals surface area contributed by atoms with Gasteiger partial charge in [0.2, 0.25) is 0 Å². The molecule has 1 aliphatic carbocycles. The summed E-state index contributed by atoms with van der Waals surface area (Å²) in [6, 6.07) is 0.722. The minimum Gasteiger partial charge on any atom is -0.393 e. The van der Waals surface area contributed by atoms with Crippen LogP contribution in [0.5, 0.6) is 0 Å². The molecule has 2 heteroatoms. The van der Waals surface area contributed by atoms with E-state index in [-0.39, 0.29) is 6.10 Å². The number of hydrogen-bond acceptors (Lipinski definition) is 2. The van der Waals surface area contributed by atoms with Crippen LogP contribution in [0.3, 0.4) is 0 Å². The fourth-order valence-corrected chi connectivity index (χ4v) is 2.68. The SMILES string of the molecule is OC1CCCC(C2CCCN2)C1. The van der Waals surface area contributed by atoms with Crippen molar-refractivity contribution in [3.63, 3.8) is 0 Å². The minimum absolute atomic E-state index is 0.00819. The van der Waals surface area contributed by atoms with Crippen molar-refractivity contribution < 1.29 is 5.11 Å². The zero-order chi connectivity index (χ0) is 8.39. The van der Waals surface area contributed by atoms with Crippen LogP contribution in [0, 0.1) is 5.92 Å². The highest BCUT2D eigenvalue weighted by Gasteiger charge is 2.28. The maximum absolute atomic E-state index is 9.51. The van der Waals surface area contributed by atoms with Crippen LogP contribution in [0.1, 0.15) is 38.5 Å². The molecule has 2 rings (SSSR count). The van der Waals surface area contributed by atoms with Gasteiger partial charge in [0.25, 0.3) is 0 Å². The van der Waals surface area contributed by atoms with E-state index in [1.54, 1.807) is 0 Å². The Morgan fingerprint density at radius 2 is 2.00 bits per heavy atom. The number of hydrogen-bond donors (Lipinski definition) is 2. The summed E-state index contributed by atoms with van der Waals surface area (Å²) in [6.45, 7) is 1.19. The van der Waals surface area contributed by atoms with Crippen molar-refractivity contribution >= 4 is 0 Å². The van der Waals surface area contributed by atoms with Crippen molar-refractivity contribution in [1.29, 1.82) is 0 Å². The highest BCUT2D eigenvalue weighted by Crippen LogP contribution is 2.30. The first-order valence-electron chi connectivity index (χ1n) is 5.28. The molecule has 0 aromatic rings.